The maximum Gasteiger partial charge on any atom is 0.267 e. The number of fused-ring (bicyclic) bond motifs is 3. The average molecular weight is 427 g/mol. The SMILES string of the molecule is C=C(C)CSc1nc2sc3c(c2c(=O)n1-c1ccccc1C)CC(C(C)C)OC3. The molecular weight excluding hydrogens is 400 g/mol. The van der Waals surface area contributed by atoms with Crippen molar-refractivity contribution in [3.8, 4) is 5.69 Å². The second-order valence-electron chi connectivity index (χ2n) is 8.05. The van der Waals surface area contributed by atoms with Gasteiger partial charge in [-0.3, -0.25) is 9.36 Å². The van der Waals surface area contributed by atoms with Crippen molar-refractivity contribution in [2.24, 2.45) is 5.92 Å². The summed E-state index contributed by atoms with van der Waals surface area (Å²) >= 11 is 3.17. The van der Waals surface area contributed by atoms with E-state index in [1.807, 2.05) is 38.1 Å². The molecule has 3 aromatic rings. The zero-order chi connectivity index (χ0) is 20.7. The predicted molar refractivity (Wildman–Crippen MR) is 123 cm³/mol. The van der Waals surface area contributed by atoms with Crippen LogP contribution in [0.1, 0.15) is 36.8 Å². The van der Waals surface area contributed by atoms with Gasteiger partial charge in [-0.15, -0.1) is 11.3 Å². The Bertz CT molecular complexity index is 1140. The molecule has 29 heavy (non-hydrogen) atoms. The summed E-state index contributed by atoms with van der Waals surface area (Å²) in [6.45, 7) is 12.9. The van der Waals surface area contributed by atoms with Crippen molar-refractivity contribution in [3.05, 3.63) is 62.8 Å². The third kappa shape index (κ3) is 3.81. The van der Waals surface area contributed by atoms with Gasteiger partial charge < -0.3 is 4.74 Å². The molecule has 0 saturated heterocycles. The summed E-state index contributed by atoms with van der Waals surface area (Å²) in [5.41, 5.74) is 4.16. The molecule has 0 aliphatic carbocycles. The maximum absolute atomic E-state index is 13.8. The van der Waals surface area contributed by atoms with Crippen molar-refractivity contribution in [1.29, 1.82) is 0 Å². The largest absolute Gasteiger partial charge is 0.372 e. The van der Waals surface area contributed by atoms with Gasteiger partial charge in [-0.05, 0) is 37.0 Å². The Hall–Kier alpha value is -1.89. The highest BCUT2D eigenvalue weighted by Crippen LogP contribution is 2.36. The van der Waals surface area contributed by atoms with Crippen LogP contribution in [0.4, 0.5) is 0 Å². The number of aromatic nitrogens is 2. The Morgan fingerprint density at radius 3 is 2.86 bits per heavy atom. The van der Waals surface area contributed by atoms with E-state index >= 15 is 0 Å². The van der Waals surface area contributed by atoms with Gasteiger partial charge >= 0.3 is 0 Å². The molecule has 0 fully saturated rings. The molecule has 1 aromatic carbocycles. The van der Waals surface area contributed by atoms with Crippen LogP contribution in [0.15, 0.2) is 46.4 Å². The zero-order valence-corrected chi connectivity index (χ0v) is 19.0. The van der Waals surface area contributed by atoms with E-state index in [1.165, 1.54) is 0 Å². The summed E-state index contributed by atoms with van der Waals surface area (Å²) in [6, 6.07) is 7.99. The molecule has 1 aliphatic rings. The van der Waals surface area contributed by atoms with Gasteiger partial charge in [-0.25, -0.2) is 4.98 Å². The molecule has 1 atom stereocenters. The Labute approximate surface area is 179 Å². The predicted octanol–water partition coefficient (Wildman–Crippen LogP) is 5.52. The Morgan fingerprint density at radius 2 is 2.17 bits per heavy atom. The first-order chi connectivity index (χ1) is 13.9. The fourth-order valence-electron chi connectivity index (χ4n) is 3.65. The van der Waals surface area contributed by atoms with E-state index < -0.39 is 0 Å². The monoisotopic (exact) mass is 426 g/mol. The minimum atomic E-state index is 0.0235. The van der Waals surface area contributed by atoms with E-state index in [4.69, 9.17) is 9.72 Å². The van der Waals surface area contributed by atoms with Gasteiger partial charge in [0.1, 0.15) is 4.83 Å². The molecule has 0 N–H and O–H groups in total. The molecule has 0 spiro atoms. The van der Waals surface area contributed by atoms with Gasteiger partial charge in [0.15, 0.2) is 5.16 Å². The van der Waals surface area contributed by atoms with E-state index in [2.05, 4.69) is 20.4 Å². The van der Waals surface area contributed by atoms with Crippen molar-refractivity contribution in [2.45, 2.75) is 52.0 Å². The molecular formula is C23H26N2O2S2. The molecule has 1 aliphatic heterocycles. The van der Waals surface area contributed by atoms with Crippen LogP contribution in [0.25, 0.3) is 15.9 Å². The molecule has 2 aromatic heterocycles. The first kappa shape index (κ1) is 20.4. The van der Waals surface area contributed by atoms with Crippen LogP contribution < -0.4 is 5.56 Å². The minimum absolute atomic E-state index is 0.0235. The third-order valence-electron chi connectivity index (χ3n) is 5.26. The number of benzene rings is 1. The molecule has 0 radical (unpaired) electrons. The van der Waals surface area contributed by atoms with Crippen LogP contribution in [-0.2, 0) is 17.8 Å². The summed E-state index contributed by atoms with van der Waals surface area (Å²) in [7, 11) is 0. The molecule has 4 nitrogen and oxygen atoms in total. The Balaban J connectivity index is 1.96. The van der Waals surface area contributed by atoms with Crippen LogP contribution in [-0.4, -0.2) is 21.4 Å². The fourth-order valence-corrected chi connectivity index (χ4v) is 5.66. The van der Waals surface area contributed by atoms with Gasteiger partial charge in [0.05, 0.1) is 23.8 Å². The molecule has 4 rings (SSSR count). The lowest BCUT2D eigenvalue weighted by molar-refractivity contribution is 0.00200. The lowest BCUT2D eigenvalue weighted by Crippen LogP contribution is -2.28. The van der Waals surface area contributed by atoms with Crippen LogP contribution in [0.3, 0.4) is 0 Å². The molecule has 0 amide bonds. The van der Waals surface area contributed by atoms with Gasteiger partial charge in [0.25, 0.3) is 5.56 Å². The maximum atomic E-state index is 13.8. The molecule has 3 heterocycles. The number of ether oxygens (including phenoxy) is 1. The molecule has 0 saturated carbocycles. The molecule has 1 unspecified atom stereocenters. The third-order valence-corrected chi connectivity index (χ3v) is 7.53. The minimum Gasteiger partial charge on any atom is -0.372 e. The van der Waals surface area contributed by atoms with Gasteiger partial charge in [-0.2, -0.15) is 0 Å². The van der Waals surface area contributed by atoms with E-state index in [9.17, 15) is 4.79 Å². The topological polar surface area (TPSA) is 44.1 Å². The Morgan fingerprint density at radius 1 is 1.41 bits per heavy atom. The van der Waals surface area contributed by atoms with Gasteiger partial charge in [-0.1, -0.05) is 56.0 Å². The first-order valence-electron chi connectivity index (χ1n) is 9.89. The normalized spacial score (nSPS) is 16.4. The van der Waals surface area contributed by atoms with Crippen molar-refractivity contribution in [1.82, 2.24) is 9.55 Å². The summed E-state index contributed by atoms with van der Waals surface area (Å²) < 4.78 is 7.83. The summed E-state index contributed by atoms with van der Waals surface area (Å²) in [4.78, 5) is 20.7. The van der Waals surface area contributed by atoms with Crippen LogP contribution in [0.2, 0.25) is 0 Å². The second kappa shape index (κ2) is 8.09. The molecule has 0 bridgehead atoms. The van der Waals surface area contributed by atoms with E-state index in [0.29, 0.717) is 12.5 Å². The van der Waals surface area contributed by atoms with E-state index in [-0.39, 0.29) is 11.7 Å². The number of aryl methyl sites for hydroxylation is 1. The number of rotatable bonds is 5. The highest BCUT2D eigenvalue weighted by atomic mass is 32.2. The van der Waals surface area contributed by atoms with Crippen molar-refractivity contribution >= 4 is 33.3 Å². The average Bonchev–Trinajstić information content (AvgIpc) is 3.05. The Kier molecular flexibility index (Phi) is 5.69. The quantitative estimate of drug-likeness (QED) is 0.306. The van der Waals surface area contributed by atoms with E-state index in [1.54, 1.807) is 27.7 Å². The van der Waals surface area contributed by atoms with Gasteiger partial charge in [0.2, 0.25) is 0 Å². The zero-order valence-electron chi connectivity index (χ0n) is 17.3. The standard InChI is InChI=1S/C23H26N2O2S2/c1-13(2)12-28-23-24-21-20(16-10-18(14(3)4)27-11-19(16)29-21)22(26)25(23)17-9-7-6-8-15(17)5/h6-9,14,18H,1,10-12H2,2-5H3. The summed E-state index contributed by atoms with van der Waals surface area (Å²) in [5.74, 6) is 1.14. The second-order valence-corrected chi connectivity index (χ2v) is 10.1. The van der Waals surface area contributed by atoms with Crippen molar-refractivity contribution < 1.29 is 4.74 Å². The lowest BCUT2D eigenvalue weighted by Gasteiger charge is -2.26. The van der Waals surface area contributed by atoms with Crippen LogP contribution in [0, 0.1) is 12.8 Å². The first-order valence-corrected chi connectivity index (χ1v) is 11.7. The van der Waals surface area contributed by atoms with E-state index in [0.717, 1.165) is 54.8 Å². The number of nitrogens with zero attached hydrogens (tertiary/aromatic N) is 2. The number of para-hydroxylation sites is 1. The molecule has 152 valence electrons. The van der Waals surface area contributed by atoms with Crippen LogP contribution in [0.5, 0.6) is 0 Å². The van der Waals surface area contributed by atoms with Crippen LogP contribution >= 0.6 is 23.1 Å². The number of hydrogen-bond acceptors (Lipinski definition) is 5. The highest BCUT2D eigenvalue weighted by molar-refractivity contribution is 7.99. The van der Waals surface area contributed by atoms with Crippen molar-refractivity contribution in [3.63, 3.8) is 0 Å². The summed E-state index contributed by atoms with van der Waals surface area (Å²) in [6.07, 6.45) is 0.916. The fraction of sp³-hybridized carbons (Fsp3) is 0.391. The van der Waals surface area contributed by atoms with Crippen molar-refractivity contribution in [2.75, 3.05) is 5.75 Å². The summed E-state index contributed by atoms with van der Waals surface area (Å²) in [5, 5.41) is 1.49. The highest BCUT2D eigenvalue weighted by Gasteiger charge is 2.28. The lowest BCUT2D eigenvalue weighted by atomic mass is 9.96. The number of thiophene rings is 1. The smallest absolute Gasteiger partial charge is 0.267 e. The number of hydrogen-bond donors (Lipinski definition) is 0. The molecule has 6 heteroatoms. The van der Waals surface area contributed by atoms with Gasteiger partial charge in [0, 0.05) is 17.1 Å². The number of thioether (sulfide) groups is 1.